The zero-order valence-corrected chi connectivity index (χ0v) is 11.2. The summed E-state index contributed by atoms with van der Waals surface area (Å²) in [6.07, 6.45) is 3.01. The Bertz CT molecular complexity index is 767. The molecule has 20 heavy (non-hydrogen) atoms. The lowest BCUT2D eigenvalue weighted by Crippen LogP contribution is -1.93. The number of aromatic amines is 1. The van der Waals surface area contributed by atoms with Crippen molar-refractivity contribution in [2.24, 2.45) is 0 Å². The van der Waals surface area contributed by atoms with Crippen LogP contribution < -0.4 is 0 Å². The van der Waals surface area contributed by atoms with E-state index in [1.807, 2.05) is 6.92 Å². The molecule has 0 amide bonds. The molecule has 2 N–H and O–H groups in total. The number of hydrogen-bond acceptors (Lipinski definition) is 6. The molecule has 1 unspecified atom stereocenters. The van der Waals surface area contributed by atoms with Crippen LogP contribution in [0.4, 0.5) is 0 Å². The van der Waals surface area contributed by atoms with Gasteiger partial charge in [0.2, 0.25) is 5.76 Å². The summed E-state index contributed by atoms with van der Waals surface area (Å²) >= 11 is 1.45. The van der Waals surface area contributed by atoms with E-state index in [0.717, 1.165) is 10.5 Å². The first-order chi connectivity index (χ1) is 9.65. The van der Waals surface area contributed by atoms with Gasteiger partial charge in [-0.25, -0.2) is 19.7 Å². The predicted octanol–water partition coefficient (Wildman–Crippen LogP) is 2.50. The Kier molecular flexibility index (Phi) is 3.15. The van der Waals surface area contributed by atoms with Gasteiger partial charge in [-0.05, 0) is 19.1 Å². The van der Waals surface area contributed by atoms with E-state index in [4.69, 9.17) is 9.52 Å². The smallest absolute Gasteiger partial charge is 0.371 e. The zero-order chi connectivity index (χ0) is 14.1. The summed E-state index contributed by atoms with van der Waals surface area (Å²) in [6.45, 7) is 1.92. The van der Waals surface area contributed by atoms with Crippen molar-refractivity contribution in [3.8, 4) is 0 Å². The van der Waals surface area contributed by atoms with Gasteiger partial charge in [0.05, 0.1) is 11.6 Å². The van der Waals surface area contributed by atoms with Gasteiger partial charge in [0.1, 0.15) is 22.6 Å². The molecule has 3 aromatic heterocycles. The molecule has 7 nitrogen and oxygen atoms in total. The van der Waals surface area contributed by atoms with Crippen LogP contribution in [0.2, 0.25) is 0 Å². The zero-order valence-electron chi connectivity index (χ0n) is 10.4. The Morgan fingerprint density at radius 2 is 2.25 bits per heavy atom. The molecule has 0 spiro atoms. The molecule has 0 fully saturated rings. The van der Waals surface area contributed by atoms with E-state index in [1.165, 1.54) is 24.2 Å². The molecule has 0 aliphatic heterocycles. The van der Waals surface area contributed by atoms with Gasteiger partial charge in [0.25, 0.3) is 0 Å². The summed E-state index contributed by atoms with van der Waals surface area (Å²) in [6, 6.07) is 3.10. The summed E-state index contributed by atoms with van der Waals surface area (Å²) in [7, 11) is 0. The van der Waals surface area contributed by atoms with Gasteiger partial charge in [-0.15, -0.1) is 0 Å². The van der Waals surface area contributed by atoms with Crippen LogP contribution in [0.1, 0.15) is 28.5 Å². The number of carboxylic acids is 1. The Labute approximate surface area is 117 Å². The van der Waals surface area contributed by atoms with Crippen LogP contribution in [-0.4, -0.2) is 31.0 Å². The molecular weight excluding hydrogens is 280 g/mol. The second-order valence-corrected chi connectivity index (χ2v) is 5.38. The fourth-order valence-corrected chi connectivity index (χ4v) is 2.70. The topological polar surface area (TPSA) is 105 Å². The van der Waals surface area contributed by atoms with E-state index in [1.54, 1.807) is 12.4 Å². The van der Waals surface area contributed by atoms with E-state index in [0.29, 0.717) is 11.4 Å². The molecule has 8 heteroatoms. The first kappa shape index (κ1) is 12.7. The summed E-state index contributed by atoms with van der Waals surface area (Å²) in [5.74, 6) is -0.563. The Balaban J connectivity index is 1.86. The molecule has 1 atom stereocenters. The molecule has 3 rings (SSSR count). The molecule has 0 bridgehead atoms. The number of aromatic nitrogens is 4. The number of rotatable bonds is 4. The van der Waals surface area contributed by atoms with Crippen molar-refractivity contribution in [3.63, 3.8) is 0 Å². The van der Waals surface area contributed by atoms with Crippen molar-refractivity contribution in [2.75, 3.05) is 0 Å². The number of carbonyl (C=O) groups is 1. The standard InChI is InChI=1S/C12H10N4O3S/c1-6(7-2-3-8(19-7)12(17)18)20-11-9-10(14-4-13-9)15-5-16-11/h2-6H,1H3,(H,17,18)(H,13,14,15,16). The number of imidazole rings is 1. The van der Waals surface area contributed by atoms with Crippen LogP contribution in [0.3, 0.4) is 0 Å². The van der Waals surface area contributed by atoms with E-state index < -0.39 is 5.97 Å². The van der Waals surface area contributed by atoms with Gasteiger partial charge in [-0.1, -0.05) is 11.8 Å². The van der Waals surface area contributed by atoms with Crippen molar-refractivity contribution in [1.82, 2.24) is 19.9 Å². The van der Waals surface area contributed by atoms with Gasteiger partial charge >= 0.3 is 5.97 Å². The number of furan rings is 1. The molecular formula is C12H10N4O3S. The third kappa shape index (κ3) is 2.25. The van der Waals surface area contributed by atoms with E-state index in [9.17, 15) is 4.79 Å². The average molecular weight is 290 g/mol. The first-order valence-electron chi connectivity index (χ1n) is 5.79. The quantitative estimate of drug-likeness (QED) is 0.561. The van der Waals surface area contributed by atoms with Gasteiger partial charge in [-0.3, -0.25) is 0 Å². The number of nitrogens with one attached hydrogen (secondary N) is 1. The number of fused-ring (bicyclic) bond motifs is 1. The number of H-pyrrole nitrogens is 1. The van der Waals surface area contributed by atoms with Crippen molar-refractivity contribution in [3.05, 3.63) is 36.3 Å². The van der Waals surface area contributed by atoms with Crippen LogP contribution in [0.25, 0.3) is 11.2 Å². The van der Waals surface area contributed by atoms with Gasteiger partial charge in [0.15, 0.2) is 5.65 Å². The summed E-state index contributed by atoms with van der Waals surface area (Å²) in [5, 5.41) is 9.51. The van der Waals surface area contributed by atoms with Crippen molar-refractivity contribution < 1.29 is 14.3 Å². The highest BCUT2D eigenvalue weighted by molar-refractivity contribution is 7.99. The van der Waals surface area contributed by atoms with E-state index in [-0.39, 0.29) is 11.0 Å². The Morgan fingerprint density at radius 1 is 1.40 bits per heavy atom. The maximum Gasteiger partial charge on any atom is 0.371 e. The Hall–Kier alpha value is -2.35. The second-order valence-electron chi connectivity index (χ2n) is 4.05. The minimum Gasteiger partial charge on any atom is -0.475 e. The highest BCUT2D eigenvalue weighted by Crippen LogP contribution is 2.36. The fraction of sp³-hybridized carbons (Fsp3) is 0.167. The number of hydrogen-bond donors (Lipinski definition) is 2. The van der Waals surface area contributed by atoms with Gasteiger partial charge in [0, 0.05) is 0 Å². The van der Waals surface area contributed by atoms with Crippen LogP contribution >= 0.6 is 11.8 Å². The third-order valence-corrected chi connectivity index (χ3v) is 3.83. The molecule has 3 aromatic rings. The van der Waals surface area contributed by atoms with Crippen molar-refractivity contribution in [1.29, 1.82) is 0 Å². The molecule has 3 heterocycles. The molecule has 0 aliphatic rings. The first-order valence-corrected chi connectivity index (χ1v) is 6.67. The van der Waals surface area contributed by atoms with Crippen LogP contribution in [0, 0.1) is 0 Å². The minimum absolute atomic E-state index is 0.0678. The van der Waals surface area contributed by atoms with E-state index >= 15 is 0 Å². The number of nitrogens with zero attached hydrogens (tertiary/aromatic N) is 3. The maximum atomic E-state index is 10.8. The minimum atomic E-state index is -1.08. The molecule has 0 aliphatic carbocycles. The summed E-state index contributed by atoms with van der Waals surface area (Å²) in [4.78, 5) is 26.1. The third-order valence-electron chi connectivity index (χ3n) is 2.71. The SMILES string of the molecule is CC(Sc1ncnc2nc[nH]c12)c1ccc(C(=O)O)o1. The van der Waals surface area contributed by atoms with Gasteiger partial charge < -0.3 is 14.5 Å². The average Bonchev–Trinajstić information content (AvgIpc) is 3.08. The monoisotopic (exact) mass is 290 g/mol. The second kappa shape index (κ2) is 4.97. The maximum absolute atomic E-state index is 10.8. The van der Waals surface area contributed by atoms with Gasteiger partial charge in [-0.2, -0.15) is 0 Å². The lowest BCUT2D eigenvalue weighted by Gasteiger charge is -2.07. The van der Waals surface area contributed by atoms with E-state index in [2.05, 4.69) is 19.9 Å². The molecule has 0 radical (unpaired) electrons. The van der Waals surface area contributed by atoms with Crippen molar-refractivity contribution in [2.45, 2.75) is 17.2 Å². The molecule has 0 saturated heterocycles. The normalized spacial score (nSPS) is 12.7. The lowest BCUT2D eigenvalue weighted by molar-refractivity contribution is 0.0660. The van der Waals surface area contributed by atoms with Crippen LogP contribution in [-0.2, 0) is 0 Å². The predicted molar refractivity (Wildman–Crippen MR) is 71.6 cm³/mol. The summed E-state index contributed by atoms with van der Waals surface area (Å²) < 4.78 is 5.28. The number of aromatic carboxylic acids is 1. The van der Waals surface area contributed by atoms with Crippen molar-refractivity contribution >= 4 is 28.9 Å². The fourth-order valence-electron chi connectivity index (χ4n) is 1.74. The highest BCUT2D eigenvalue weighted by atomic mass is 32.2. The molecule has 102 valence electrons. The molecule has 0 saturated carbocycles. The van der Waals surface area contributed by atoms with Crippen LogP contribution in [0.15, 0.2) is 34.2 Å². The van der Waals surface area contributed by atoms with Crippen LogP contribution in [0.5, 0.6) is 0 Å². The lowest BCUT2D eigenvalue weighted by atomic mass is 10.3. The largest absolute Gasteiger partial charge is 0.475 e. The highest BCUT2D eigenvalue weighted by Gasteiger charge is 2.17. The summed E-state index contributed by atoms with van der Waals surface area (Å²) in [5.41, 5.74) is 1.36. The Morgan fingerprint density at radius 3 is 3.00 bits per heavy atom. The number of carboxylic acid groups (broad SMARTS) is 1. The number of thioether (sulfide) groups is 1. The molecule has 0 aromatic carbocycles.